The fraction of sp³-hybridized carbons (Fsp3) is 0.0625. The lowest BCUT2D eigenvalue weighted by molar-refractivity contribution is 0.582. The van der Waals surface area contributed by atoms with Crippen LogP contribution < -0.4 is 4.72 Å². The molecule has 1 heterocycles. The van der Waals surface area contributed by atoms with Gasteiger partial charge in [-0.3, -0.25) is 4.98 Å². The van der Waals surface area contributed by atoms with Crippen LogP contribution in [0.4, 0.5) is 0 Å². The molecular formula is C16H13ClN2O2S. The van der Waals surface area contributed by atoms with Gasteiger partial charge in [0.15, 0.2) is 0 Å². The van der Waals surface area contributed by atoms with E-state index in [1.807, 2.05) is 18.2 Å². The molecule has 0 saturated heterocycles. The van der Waals surface area contributed by atoms with Crippen LogP contribution in [0.3, 0.4) is 0 Å². The maximum atomic E-state index is 12.5. The number of para-hydroxylation sites is 1. The minimum absolute atomic E-state index is 0.130. The highest BCUT2D eigenvalue weighted by atomic mass is 35.5. The van der Waals surface area contributed by atoms with Gasteiger partial charge in [0, 0.05) is 23.2 Å². The van der Waals surface area contributed by atoms with Crippen molar-refractivity contribution in [2.24, 2.45) is 0 Å². The standard InChI is InChI=1S/C16H13ClN2O2S/c17-14-8-2-1-5-13(14)11-19-22(20,21)15-9-3-6-12-7-4-10-18-16(12)15/h1-10,19H,11H2. The summed E-state index contributed by atoms with van der Waals surface area (Å²) in [4.78, 5) is 4.34. The van der Waals surface area contributed by atoms with Crippen LogP contribution >= 0.6 is 11.6 Å². The van der Waals surface area contributed by atoms with E-state index in [0.717, 1.165) is 10.9 Å². The average molecular weight is 333 g/mol. The molecule has 0 radical (unpaired) electrons. The average Bonchev–Trinajstić information content (AvgIpc) is 2.53. The highest BCUT2D eigenvalue weighted by molar-refractivity contribution is 7.89. The van der Waals surface area contributed by atoms with Gasteiger partial charge in [0.2, 0.25) is 10.0 Å². The molecule has 0 aliphatic heterocycles. The van der Waals surface area contributed by atoms with Crippen LogP contribution in [0.15, 0.2) is 65.7 Å². The molecule has 4 nitrogen and oxygen atoms in total. The molecule has 0 aliphatic rings. The molecule has 1 N–H and O–H groups in total. The first-order valence-electron chi connectivity index (χ1n) is 6.65. The number of hydrogen-bond acceptors (Lipinski definition) is 3. The molecule has 2 aromatic carbocycles. The summed E-state index contributed by atoms with van der Waals surface area (Å²) in [6.45, 7) is 0.130. The predicted octanol–water partition coefficient (Wildman–Crippen LogP) is 3.37. The molecule has 0 saturated carbocycles. The third kappa shape index (κ3) is 2.97. The summed E-state index contributed by atoms with van der Waals surface area (Å²) in [6, 6.07) is 15.8. The maximum Gasteiger partial charge on any atom is 0.243 e. The summed E-state index contributed by atoms with van der Waals surface area (Å²) in [5.74, 6) is 0. The van der Waals surface area contributed by atoms with E-state index in [2.05, 4.69) is 9.71 Å². The molecule has 22 heavy (non-hydrogen) atoms. The Morgan fingerprint density at radius 1 is 1.00 bits per heavy atom. The smallest absolute Gasteiger partial charge is 0.243 e. The Kier molecular flexibility index (Phi) is 4.11. The summed E-state index contributed by atoms with van der Waals surface area (Å²) in [5, 5.41) is 1.31. The molecule has 3 aromatic rings. The lowest BCUT2D eigenvalue weighted by atomic mass is 10.2. The number of aromatic nitrogens is 1. The molecule has 6 heteroatoms. The van der Waals surface area contributed by atoms with Crippen LogP contribution in [0.2, 0.25) is 5.02 Å². The van der Waals surface area contributed by atoms with E-state index >= 15 is 0 Å². The van der Waals surface area contributed by atoms with Crippen molar-refractivity contribution in [2.75, 3.05) is 0 Å². The van der Waals surface area contributed by atoms with Gasteiger partial charge in [-0.25, -0.2) is 13.1 Å². The first-order valence-corrected chi connectivity index (χ1v) is 8.51. The van der Waals surface area contributed by atoms with Crippen LogP contribution in [0.1, 0.15) is 5.56 Å². The second kappa shape index (κ2) is 6.04. The minimum atomic E-state index is -3.67. The number of rotatable bonds is 4. The predicted molar refractivity (Wildman–Crippen MR) is 87.2 cm³/mol. The molecule has 0 aliphatic carbocycles. The Hall–Kier alpha value is -1.95. The quantitative estimate of drug-likeness (QED) is 0.797. The Morgan fingerprint density at radius 3 is 2.59 bits per heavy atom. The lowest BCUT2D eigenvalue weighted by Crippen LogP contribution is -2.23. The summed E-state index contributed by atoms with van der Waals surface area (Å²) in [7, 11) is -3.67. The number of fused-ring (bicyclic) bond motifs is 1. The van der Waals surface area contributed by atoms with Gasteiger partial charge in [0.05, 0.1) is 5.52 Å². The van der Waals surface area contributed by atoms with E-state index in [9.17, 15) is 8.42 Å². The second-order valence-electron chi connectivity index (χ2n) is 4.75. The molecular weight excluding hydrogens is 320 g/mol. The summed E-state index contributed by atoms with van der Waals surface area (Å²) in [5.41, 5.74) is 1.18. The lowest BCUT2D eigenvalue weighted by Gasteiger charge is -2.09. The summed E-state index contributed by atoms with van der Waals surface area (Å²) in [6.07, 6.45) is 1.58. The van der Waals surface area contributed by atoms with Crippen molar-refractivity contribution in [3.63, 3.8) is 0 Å². The van der Waals surface area contributed by atoms with Gasteiger partial charge in [-0.05, 0) is 23.8 Å². The monoisotopic (exact) mass is 332 g/mol. The van der Waals surface area contributed by atoms with Crippen LogP contribution in [-0.4, -0.2) is 13.4 Å². The van der Waals surface area contributed by atoms with Crippen molar-refractivity contribution < 1.29 is 8.42 Å². The van der Waals surface area contributed by atoms with Crippen LogP contribution in [0.5, 0.6) is 0 Å². The van der Waals surface area contributed by atoms with E-state index in [-0.39, 0.29) is 11.4 Å². The zero-order chi connectivity index (χ0) is 15.6. The minimum Gasteiger partial charge on any atom is -0.255 e. The van der Waals surface area contributed by atoms with E-state index in [0.29, 0.717) is 10.5 Å². The SMILES string of the molecule is O=S(=O)(NCc1ccccc1Cl)c1cccc2cccnc12. The van der Waals surface area contributed by atoms with Crippen LogP contribution in [-0.2, 0) is 16.6 Å². The highest BCUT2D eigenvalue weighted by Crippen LogP contribution is 2.21. The molecule has 0 fully saturated rings. The van der Waals surface area contributed by atoms with Gasteiger partial charge in [0.1, 0.15) is 4.90 Å². The van der Waals surface area contributed by atoms with Gasteiger partial charge < -0.3 is 0 Å². The Balaban J connectivity index is 1.94. The van der Waals surface area contributed by atoms with Crippen molar-refractivity contribution in [1.29, 1.82) is 0 Å². The summed E-state index contributed by atoms with van der Waals surface area (Å²) >= 11 is 6.05. The van der Waals surface area contributed by atoms with Crippen molar-refractivity contribution in [2.45, 2.75) is 11.4 Å². The first kappa shape index (κ1) is 15.0. The van der Waals surface area contributed by atoms with Gasteiger partial charge in [-0.15, -0.1) is 0 Å². The zero-order valence-corrected chi connectivity index (χ0v) is 13.1. The number of nitrogens with zero attached hydrogens (tertiary/aromatic N) is 1. The molecule has 0 unspecified atom stereocenters. The van der Waals surface area contributed by atoms with Gasteiger partial charge >= 0.3 is 0 Å². The van der Waals surface area contributed by atoms with Crippen LogP contribution in [0, 0.1) is 0 Å². The molecule has 0 spiro atoms. The highest BCUT2D eigenvalue weighted by Gasteiger charge is 2.18. The Morgan fingerprint density at radius 2 is 1.77 bits per heavy atom. The molecule has 112 valence electrons. The second-order valence-corrected chi connectivity index (χ2v) is 6.89. The number of pyridine rings is 1. The van der Waals surface area contributed by atoms with Crippen molar-refractivity contribution in [3.8, 4) is 0 Å². The molecule has 1 aromatic heterocycles. The number of hydrogen-bond donors (Lipinski definition) is 1. The molecule has 3 rings (SSSR count). The fourth-order valence-electron chi connectivity index (χ4n) is 2.19. The number of benzene rings is 2. The number of nitrogens with one attached hydrogen (secondary N) is 1. The van der Waals surface area contributed by atoms with Crippen molar-refractivity contribution in [3.05, 3.63) is 71.4 Å². The van der Waals surface area contributed by atoms with Crippen molar-refractivity contribution in [1.82, 2.24) is 9.71 Å². The van der Waals surface area contributed by atoms with E-state index in [1.165, 1.54) is 0 Å². The largest absolute Gasteiger partial charge is 0.255 e. The summed E-state index contributed by atoms with van der Waals surface area (Å²) < 4.78 is 27.6. The maximum absolute atomic E-state index is 12.5. The molecule has 0 bridgehead atoms. The molecule has 0 atom stereocenters. The normalized spacial score (nSPS) is 11.7. The van der Waals surface area contributed by atoms with Gasteiger partial charge in [0.25, 0.3) is 0 Å². The van der Waals surface area contributed by atoms with Crippen LogP contribution in [0.25, 0.3) is 10.9 Å². The fourth-order valence-corrected chi connectivity index (χ4v) is 3.57. The van der Waals surface area contributed by atoms with E-state index < -0.39 is 10.0 Å². The number of halogens is 1. The third-order valence-corrected chi connectivity index (χ3v) is 5.10. The Bertz CT molecular complexity index is 921. The van der Waals surface area contributed by atoms with Gasteiger partial charge in [-0.2, -0.15) is 0 Å². The van der Waals surface area contributed by atoms with Crippen molar-refractivity contribution >= 4 is 32.5 Å². The zero-order valence-electron chi connectivity index (χ0n) is 11.5. The van der Waals surface area contributed by atoms with E-state index in [4.69, 9.17) is 11.6 Å². The molecule has 0 amide bonds. The number of sulfonamides is 1. The van der Waals surface area contributed by atoms with Gasteiger partial charge in [-0.1, -0.05) is 48.0 Å². The van der Waals surface area contributed by atoms with E-state index in [1.54, 1.807) is 42.6 Å². The Labute approximate surface area is 133 Å². The third-order valence-electron chi connectivity index (χ3n) is 3.30. The topological polar surface area (TPSA) is 59.1 Å². The first-order chi connectivity index (χ1) is 10.6.